The summed E-state index contributed by atoms with van der Waals surface area (Å²) in [7, 11) is 1.72. The minimum absolute atomic E-state index is 0.101. The Hall–Kier alpha value is -0.190. The molecule has 2 N–H and O–H groups in total. The summed E-state index contributed by atoms with van der Waals surface area (Å²) in [6.07, 6.45) is 1.02. The summed E-state index contributed by atoms with van der Waals surface area (Å²) in [5.74, 6) is 1.93. The van der Waals surface area contributed by atoms with E-state index in [1.807, 2.05) is 23.9 Å². The van der Waals surface area contributed by atoms with Crippen LogP contribution in [-0.4, -0.2) is 12.4 Å². The molecule has 88 valence electrons. The van der Waals surface area contributed by atoms with Crippen molar-refractivity contribution < 1.29 is 4.74 Å². The Morgan fingerprint density at radius 1 is 1.50 bits per heavy atom. The van der Waals surface area contributed by atoms with Gasteiger partial charge in [0, 0.05) is 27.1 Å². The predicted molar refractivity (Wildman–Crippen MR) is 73.0 cm³/mol. The lowest BCUT2D eigenvalue weighted by atomic mass is 9.98. The molecular weight excluding hydrogens is 286 g/mol. The highest BCUT2D eigenvalue weighted by Crippen LogP contribution is 2.41. The molecule has 2 atom stereocenters. The summed E-state index contributed by atoms with van der Waals surface area (Å²) in [6.45, 7) is 2.23. The zero-order chi connectivity index (χ0) is 11.7. The van der Waals surface area contributed by atoms with Crippen molar-refractivity contribution in [1.29, 1.82) is 0 Å². The lowest BCUT2D eigenvalue weighted by Gasteiger charge is -2.17. The first-order valence-electron chi connectivity index (χ1n) is 5.36. The molecule has 0 aliphatic carbocycles. The molecular formula is C12H16BrNOS. The van der Waals surface area contributed by atoms with Crippen molar-refractivity contribution in [3.05, 3.63) is 27.7 Å². The number of thioether (sulfide) groups is 1. The number of nitrogens with two attached hydrogens (primary N) is 1. The van der Waals surface area contributed by atoms with Gasteiger partial charge in [-0.25, -0.2) is 0 Å². The maximum Gasteiger partial charge on any atom is 0.123 e. The fraction of sp³-hybridized carbons (Fsp3) is 0.500. The maximum absolute atomic E-state index is 6.26. The first kappa shape index (κ1) is 12.3. The van der Waals surface area contributed by atoms with Crippen LogP contribution in [0.2, 0.25) is 0 Å². The number of fused-ring (bicyclic) bond motifs is 1. The highest BCUT2D eigenvalue weighted by Gasteiger charge is 2.24. The summed E-state index contributed by atoms with van der Waals surface area (Å²) >= 11 is 5.54. The zero-order valence-electron chi connectivity index (χ0n) is 9.50. The number of halogens is 1. The van der Waals surface area contributed by atoms with E-state index in [0.29, 0.717) is 5.25 Å². The fourth-order valence-electron chi connectivity index (χ4n) is 2.13. The molecule has 2 rings (SSSR count). The molecule has 1 aromatic rings. The van der Waals surface area contributed by atoms with Crippen LogP contribution in [0.25, 0.3) is 0 Å². The second kappa shape index (κ2) is 4.98. The largest absolute Gasteiger partial charge is 0.496 e. The van der Waals surface area contributed by atoms with Crippen LogP contribution in [0.5, 0.6) is 5.75 Å². The van der Waals surface area contributed by atoms with E-state index in [-0.39, 0.29) is 6.04 Å². The SMILES string of the molecule is COc1ccc(Br)c2c1CSC(C)C[C@H]2N. The summed E-state index contributed by atoms with van der Waals surface area (Å²) in [5, 5.41) is 0.596. The Morgan fingerprint density at radius 3 is 2.94 bits per heavy atom. The van der Waals surface area contributed by atoms with E-state index in [1.165, 1.54) is 11.1 Å². The summed E-state index contributed by atoms with van der Waals surface area (Å²) in [5.41, 5.74) is 8.73. The van der Waals surface area contributed by atoms with Crippen LogP contribution < -0.4 is 10.5 Å². The molecule has 1 aliphatic heterocycles. The van der Waals surface area contributed by atoms with Gasteiger partial charge in [0.1, 0.15) is 5.75 Å². The number of hydrogen-bond donors (Lipinski definition) is 1. The molecule has 1 aliphatic rings. The van der Waals surface area contributed by atoms with Crippen LogP contribution in [0.15, 0.2) is 16.6 Å². The van der Waals surface area contributed by atoms with Gasteiger partial charge >= 0.3 is 0 Å². The van der Waals surface area contributed by atoms with Crippen molar-refractivity contribution in [2.75, 3.05) is 7.11 Å². The van der Waals surface area contributed by atoms with Crippen molar-refractivity contribution >= 4 is 27.7 Å². The van der Waals surface area contributed by atoms with E-state index in [2.05, 4.69) is 22.9 Å². The highest BCUT2D eigenvalue weighted by molar-refractivity contribution is 9.10. The molecule has 0 bridgehead atoms. The third-order valence-electron chi connectivity index (χ3n) is 2.95. The van der Waals surface area contributed by atoms with E-state index in [1.54, 1.807) is 7.11 Å². The Morgan fingerprint density at radius 2 is 2.25 bits per heavy atom. The summed E-state index contributed by atoms with van der Waals surface area (Å²) in [6, 6.07) is 4.13. The molecule has 0 aromatic heterocycles. The number of benzene rings is 1. The van der Waals surface area contributed by atoms with Gasteiger partial charge in [-0.15, -0.1) is 0 Å². The molecule has 0 saturated heterocycles. The average molecular weight is 302 g/mol. The van der Waals surface area contributed by atoms with Crippen molar-refractivity contribution in [3.63, 3.8) is 0 Å². The molecule has 2 nitrogen and oxygen atoms in total. The summed E-state index contributed by atoms with van der Waals surface area (Å²) < 4.78 is 6.52. The van der Waals surface area contributed by atoms with E-state index in [9.17, 15) is 0 Å². The third kappa shape index (κ3) is 2.24. The van der Waals surface area contributed by atoms with E-state index in [0.717, 1.165) is 22.4 Å². The number of methoxy groups -OCH3 is 1. The second-order valence-corrected chi connectivity index (χ2v) is 6.39. The smallest absolute Gasteiger partial charge is 0.123 e. The van der Waals surface area contributed by atoms with Crippen LogP contribution in [0.1, 0.15) is 30.5 Å². The Kier molecular flexibility index (Phi) is 3.82. The van der Waals surface area contributed by atoms with Gasteiger partial charge in [-0.1, -0.05) is 22.9 Å². The topological polar surface area (TPSA) is 35.2 Å². The van der Waals surface area contributed by atoms with Crippen LogP contribution in [0.4, 0.5) is 0 Å². The highest BCUT2D eigenvalue weighted by atomic mass is 79.9. The molecule has 1 unspecified atom stereocenters. The van der Waals surface area contributed by atoms with Gasteiger partial charge in [-0.2, -0.15) is 11.8 Å². The molecule has 1 aromatic carbocycles. The van der Waals surface area contributed by atoms with Crippen molar-refractivity contribution in [3.8, 4) is 5.75 Å². The van der Waals surface area contributed by atoms with Crippen molar-refractivity contribution in [1.82, 2.24) is 0 Å². The first-order chi connectivity index (χ1) is 7.63. The van der Waals surface area contributed by atoms with E-state index < -0.39 is 0 Å². The lowest BCUT2D eigenvalue weighted by molar-refractivity contribution is 0.410. The molecule has 16 heavy (non-hydrogen) atoms. The third-order valence-corrected chi connectivity index (χ3v) is 4.86. The van der Waals surface area contributed by atoms with Crippen molar-refractivity contribution in [2.24, 2.45) is 5.73 Å². The molecule has 0 amide bonds. The number of hydrogen-bond acceptors (Lipinski definition) is 3. The fourth-order valence-corrected chi connectivity index (χ4v) is 3.88. The van der Waals surface area contributed by atoms with Crippen molar-refractivity contribution in [2.45, 2.75) is 30.4 Å². The summed E-state index contributed by atoms with van der Waals surface area (Å²) in [4.78, 5) is 0. The van der Waals surface area contributed by atoms with Gasteiger partial charge < -0.3 is 10.5 Å². The van der Waals surface area contributed by atoms with E-state index >= 15 is 0 Å². The van der Waals surface area contributed by atoms with Crippen LogP contribution >= 0.6 is 27.7 Å². The predicted octanol–water partition coefficient (Wildman–Crippen LogP) is 3.48. The minimum atomic E-state index is 0.101. The standard InChI is InChI=1S/C12H16BrNOS/c1-7-5-10(14)12-8(6-16-7)11(15-2)4-3-9(12)13/h3-4,7,10H,5-6,14H2,1-2H3/t7?,10-/m1/s1. The molecule has 4 heteroatoms. The monoisotopic (exact) mass is 301 g/mol. The number of rotatable bonds is 1. The Balaban J connectivity index is 2.52. The molecule has 0 radical (unpaired) electrons. The van der Waals surface area contributed by atoms with Gasteiger partial charge in [-0.3, -0.25) is 0 Å². The Labute approximate surface area is 109 Å². The van der Waals surface area contributed by atoms with Gasteiger partial charge in [-0.05, 0) is 24.1 Å². The van der Waals surface area contributed by atoms with Gasteiger partial charge in [0.25, 0.3) is 0 Å². The van der Waals surface area contributed by atoms with E-state index in [4.69, 9.17) is 10.5 Å². The molecule has 0 saturated carbocycles. The van der Waals surface area contributed by atoms with Gasteiger partial charge in [0.2, 0.25) is 0 Å². The second-order valence-electron chi connectivity index (χ2n) is 4.11. The van der Waals surface area contributed by atoms with Gasteiger partial charge in [0.15, 0.2) is 0 Å². The number of ether oxygens (including phenoxy) is 1. The molecule has 0 spiro atoms. The maximum atomic E-state index is 6.26. The average Bonchev–Trinajstić information content (AvgIpc) is 2.39. The normalized spacial score (nSPS) is 24.8. The minimum Gasteiger partial charge on any atom is -0.496 e. The van der Waals surface area contributed by atoms with Crippen LogP contribution in [0.3, 0.4) is 0 Å². The van der Waals surface area contributed by atoms with Crippen LogP contribution in [0, 0.1) is 0 Å². The quantitative estimate of drug-likeness (QED) is 0.862. The molecule has 0 fully saturated rings. The van der Waals surface area contributed by atoms with Crippen LogP contribution in [-0.2, 0) is 5.75 Å². The zero-order valence-corrected chi connectivity index (χ0v) is 11.9. The van der Waals surface area contributed by atoms with Gasteiger partial charge in [0.05, 0.1) is 7.11 Å². The first-order valence-corrected chi connectivity index (χ1v) is 7.20. The molecule has 1 heterocycles. The lowest BCUT2D eigenvalue weighted by Crippen LogP contribution is -2.15. The Bertz CT molecular complexity index is 397.